The number of morpholine rings is 1. The van der Waals surface area contributed by atoms with Crippen LogP contribution in [0.1, 0.15) is 28.9 Å². The average molecular weight is 428 g/mol. The average Bonchev–Trinajstić information content (AvgIpc) is 3.43. The first-order chi connectivity index (χ1) is 14.5. The molecule has 1 N–H and O–H groups in total. The number of ether oxygens (including phenoxy) is 1. The Balaban J connectivity index is 1.33. The van der Waals surface area contributed by atoms with E-state index in [1.165, 1.54) is 5.56 Å². The molecule has 3 aliphatic rings. The Morgan fingerprint density at radius 2 is 2.13 bits per heavy atom. The third-order valence-electron chi connectivity index (χ3n) is 7.01. The summed E-state index contributed by atoms with van der Waals surface area (Å²) in [4.78, 5) is 9.54. The fourth-order valence-corrected chi connectivity index (χ4v) is 6.45. The molecule has 3 fully saturated rings. The number of aromatic nitrogens is 2. The van der Waals surface area contributed by atoms with Crippen molar-refractivity contribution in [3.05, 3.63) is 39.6 Å². The van der Waals surface area contributed by atoms with Crippen LogP contribution in [-0.4, -0.2) is 68.9 Å². The van der Waals surface area contributed by atoms with Crippen molar-refractivity contribution in [2.75, 3.05) is 32.8 Å². The van der Waals surface area contributed by atoms with Gasteiger partial charge in [0.2, 0.25) is 0 Å². The van der Waals surface area contributed by atoms with Gasteiger partial charge in [-0.25, -0.2) is 4.98 Å². The van der Waals surface area contributed by atoms with Crippen molar-refractivity contribution in [2.24, 2.45) is 11.8 Å². The number of fused-ring (bicyclic) bond motifs is 1. The third-order valence-corrected chi connectivity index (χ3v) is 7.83. The maximum atomic E-state index is 10.1. The van der Waals surface area contributed by atoms with E-state index in [1.807, 2.05) is 17.6 Å². The highest BCUT2D eigenvalue weighted by molar-refractivity contribution is 7.09. The number of thiazole rings is 1. The molecule has 0 saturated carbocycles. The van der Waals surface area contributed by atoms with Crippen molar-refractivity contribution in [3.63, 3.8) is 0 Å². The lowest BCUT2D eigenvalue weighted by Gasteiger charge is -2.40. The maximum absolute atomic E-state index is 10.1. The van der Waals surface area contributed by atoms with Crippen molar-refractivity contribution in [1.29, 1.82) is 5.26 Å². The molecule has 2 bridgehead atoms. The second kappa shape index (κ2) is 7.74. The van der Waals surface area contributed by atoms with Crippen LogP contribution in [0.5, 0.6) is 0 Å². The fourth-order valence-electron chi connectivity index (χ4n) is 5.84. The normalized spacial score (nSPS) is 31.2. The van der Waals surface area contributed by atoms with Crippen molar-refractivity contribution < 1.29 is 9.84 Å². The number of rotatable bonds is 6. The third kappa shape index (κ3) is 3.39. The monoisotopic (exact) mass is 427 g/mol. The van der Waals surface area contributed by atoms with E-state index in [2.05, 4.69) is 39.4 Å². The molecule has 8 heteroatoms. The number of hydrogen-bond acceptors (Lipinski definition) is 7. The number of aliphatic hydroxyl groups is 1. The van der Waals surface area contributed by atoms with Gasteiger partial charge in [-0.15, -0.1) is 11.3 Å². The summed E-state index contributed by atoms with van der Waals surface area (Å²) in [7, 11) is 0. The largest absolute Gasteiger partial charge is 0.396 e. The zero-order valence-electron chi connectivity index (χ0n) is 17.6. The molecule has 0 amide bonds. The lowest BCUT2D eigenvalue weighted by Crippen LogP contribution is -2.53. The quantitative estimate of drug-likeness (QED) is 0.758. The molecule has 4 atom stereocenters. The highest BCUT2D eigenvalue weighted by Crippen LogP contribution is 2.49. The van der Waals surface area contributed by atoms with E-state index < -0.39 is 0 Å². The first-order valence-corrected chi connectivity index (χ1v) is 11.6. The maximum Gasteiger partial charge on any atom is 0.120 e. The molecule has 160 valence electrons. The molecule has 0 aromatic carbocycles. The molecular weight excluding hydrogens is 398 g/mol. The van der Waals surface area contributed by atoms with Crippen LogP contribution in [0, 0.1) is 30.1 Å². The Morgan fingerprint density at radius 3 is 2.77 bits per heavy atom. The highest BCUT2D eigenvalue weighted by Gasteiger charge is 2.62. The fraction of sp³-hybridized carbons (Fsp3) is 0.636. The SMILES string of the molecule is CCn1cc(CN2C[C@H]3O[C@@]4(CN(Cc5csc(C)n5)C[C@@H]4[C@@H]3CO)C2)cc1C#N. The Labute approximate surface area is 181 Å². The summed E-state index contributed by atoms with van der Waals surface area (Å²) in [6, 6.07) is 4.30. The standard InChI is InChI=1S/C22H29N5O2S/c1-3-27-7-16(4-18(27)5-23)6-25-10-21-19(11-28)20-9-26(14-22(20,13-25)29-21)8-17-12-30-15(2)24-17/h4,7,12,19-21,28H,3,6,8-11,13-14H2,1-2H3/t19-,20+,21+,22+/m0/s1. The van der Waals surface area contributed by atoms with E-state index in [4.69, 9.17) is 4.74 Å². The van der Waals surface area contributed by atoms with Gasteiger partial charge in [0, 0.05) is 75.8 Å². The summed E-state index contributed by atoms with van der Waals surface area (Å²) >= 11 is 1.70. The molecule has 2 aromatic rings. The van der Waals surface area contributed by atoms with Gasteiger partial charge in [-0.05, 0) is 25.5 Å². The van der Waals surface area contributed by atoms with Crippen LogP contribution in [0.2, 0.25) is 0 Å². The highest BCUT2D eigenvalue weighted by atomic mass is 32.1. The van der Waals surface area contributed by atoms with Gasteiger partial charge in [0.25, 0.3) is 0 Å². The molecule has 30 heavy (non-hydrogen) atoms. The van der Waals surface area contributed by atoms with E-state index in [0.717, 1.165) is 62.2 Å². The lowest BCUT2D eigenvalue weighted by molar-refractivity contribution is -0.120. The van der Waals surface area contributed by atoms with Gasteiger partial charge in [0.05, 0.1) is 22.4 Å². The summed E-state index contributed by atoms with van der Waals surface area (Å²) < 4.78 is 8.62. The number of aryl methyl sites for hydroxylation is 2. The van der Waals surface area contributed by atoms with Crippen LogP contribution in [0.4, 0.5) is 0 Å². The van der Waals surface area contributed by atoms with E-state index >= 15 is 0 Å². The van der Waals surface area contributed by atoms with Crippen molar-refractivity contribution in [3.8, 4) is 6.07 Å². The number of aliphatic hydroxyl groups excluding tert-OH is 1. The Morgan fingerprint density at radius 1 is 1.33 bits per heavy atom. The van der Waals surface area contributed by atoms with Gasteiger partial charge >= 0.3 is 0 Å². The van der Waals surface area contributed by atoms with Crippen molar-refractivity contribution >= 4 is 11.3 Å². The van der Waals surface area contributed by atoms with Gasteiger partial charge in [-0.1, -0.05) is 0 Å². The number of nitrogens with zero attached hydrogens (tertiary/aromatic N) is 5. The summed E-state index contributed by atoms with van der Waals surface area (Å²) in [6.45, 7) is 10.3. The summed E-state index contributed by atoms with van der Waals surface area (Å²) in [5.41, 5.74) is 2.81. The zero-order chi connectivity index (χ0) is 20.9. The van der Waals surface area contributed by atoms with Gasteiger partial charge < -0.3 is 14.4 Å². The molecule has 1 spiro atoms. The Kier molecular flexibility index (Phi) is 5.20. The molecule has 0 unspecified atom stereocenters. The molecule has 5 rings (SSSR count). The molecular formula is C22H29N5O2S. The Hall–Kier alpha value is -1.76. The molecule has 3 saturated heterocycles. The molecule has 2 aromatic heterocycles. The van der Waals surface area contributed by atoms with Crippen molar-refractivity contribution in [1.82, 2.24) is 19.4 Å². The minimum atomic E-state index is -0.216. The predicted molar refractivity (Wildman–Crippen MR) is 114 cm³/mol. The zero-order valence-corrected chi connectivity index (χ0v) is 18.4. The summed E-state index contributed by atoms with van der Waals surface area (Å²) in [5.74, 6) is 0.541. The van der Waals surface area contributed by atoms with Crippen LogP contribution in [-0.2, 0) is 24.4 Å². The minimum Gasteiger partial charge on any atom is -0.396 e. The van der Waals surface area contributed by atoms with E-state index in [1.54, 1.807) is 11.3 Å². The summed E-state index contributed by atoms with van der Waals surface area (Å²) in [5, 5.41) is 22.8. The predicted octanol–water partition coefficient (Wildman–Crippen LogP) is 1.84. The first kappa shape index (κ1) is 20.2. The topological polar surface area (TPSA) is 77.6 Å². The van der Waals surface area contributed by atoms with Crippen LogP contribution in [0.15, 0.2) is 17.6 Å². The van der Waals surface area contributed by atoms with Gasteiger partial charge in [0.1, 0.15) is 11.8 Å². The molecule has 0 aliphatic carbocycles. The number of likely N-dealkylation sites (tertiary alicyclic amines) is 2. The molecule has 3 aliphatic heterocycles. The van der Waals surface area contributed by atoms with E-state index in [-0.39, 0.29) is 24.2 Å². The lowest BCUT2D eigenvalue weighted by atomic mass is 9.83. The van der Waals surface area contributed by atoms with Crippen molar-refractivity contribution in [2.45, 2.75) is 45.2 Å². The van der Waals surface area contributed by atoms with Crippen LogP contribution in [0.25, 0.3) is 0 Å². The first-order valence-electron chi connectivity index (χ1n) is 10.8. The van der Waals surface area contributed by atoms with Crippen LogP contribution >= 0.6 is 11.3 Å². The van der Waals surface area contributed by atoms with Gasteiger partial charge in [-0.3, -0.25) is 9.80 Å². The van der Waals surface area contributed by atoms with E-state index in [9.17, 15) is 10.4 Å². The molecule has 5 heterocycles. The second-order valence-corrected chi connectivity index (χ2v) is 10.1. The van der Waals surface area contributed by atoms with Gasteiger partial charge in [-0.2, -0.15) is 5.26 Å². The summed E-state index contributed by atoms with van der Waals surface area (Å²) in [6.07, 6.45) is 2.18. The minimum absolute atomic E-state index is 0.0844. The van der Waals surface area contributed by atoms with Gasteiger partial charge in [0.15, 0.2) is 0 Å². The number of hydrogen-bond donors (Lipinski definition) is 1. The Bertz CT molecular complexity index is 965. The smallest absolute Gasteiger partial charge is 0.120 e. The van der Waals surface area contributed by atoms with E-state index in [0.29, 0.717) is 5.92 Å². The van der Waals surface area contributed by atoms with Crippen LogP contribution < -0.4 is 0 Å². The van der Waals surface area contributed by atoms with Crippen LogP contribution in [0.3, 0.4) is 0 Å². The number of nitriles is 1. The molecule has 7 nitrogen and oxygen atoms in total. The second-order valence-electron chi connectivity index (χ2n) is 9.00. The molecule has 0 radical (unpaired) electrons.